The lowest BCUT2D eigenvalue weighted by molar-refractivity contribution is 0.738. The van der Waals surface area contributed by atoms with E-state index >= 15 is 0 Å². The Morgan fingerprint density at radius 1 is 1.38 bits per heavy atom. The van der Waals surface area contributed by atoms with Crippen molar-refractivity contribution in [3.05, 3.63) is 23.0 Å². The monoisotopic (exact) mass is 177 g/mol. The molecule has 3 nitrogen and oxygen atoms in total. The summed E-state index contributed by atoms with van der Waals surface area (Å²) in [6, 6.07) is 0. The minimum atomic E-state index is 0.986. The van der Waals surface area contributed by atoms with Crippen molar-refractivity contribution in [2.75, 3.05) is 13.1 Å². The summed E-state index contributed by atoms with van der Waals surface area (Å²) in [5.41, 5.74) is 5.06. The maximum Gasteiger partial charge on any atom is 0.0669 e. The lowest BCUT2D eigenvalue weighted by Crippen LogP contribution is -2.20. The molecule has 0 aromatic carbocycles. The number of aryl methyl sites for hydroxylation is 2. The number of H-pyrrole nitrogens is 1. The first-order valence-electron chi connectivity index (χ1n) is 4.70. The summed E-state index contributed by atoms with van der Waals surface area (Å²) in [7, 11) is 0. The molecule has 2 heterocycles. The molecule has 0 atom stereocenters. The molecule has 0 aliphatic carbocycles. The van der Waals surface area contributed by atoms with Gasteiger partial charge in [-0.05, 0) is 32.4 Å². The smallest absolute Gasteiger partial charge is 0.0669 e. The van der Waals surface area contributed by atoms with Gasteiger partial charge in [0.2, 0.25) is 0 Å². The highest BCUT2D eigenvalue weighted by Gasteiger charge is 2.12. The highest BCUT2D eigenvalue weighted by Crippen LogP contribution is 2.24. The largest absolute Gasteiger partial charge is 0.313 e. The first-order valence-corrected chi connectivity index (χ1v) is 4.70. The van der Waals surface area contributed by atoms with E-state index in [0.717, 1.165) is 25.2 Å². The predicted octanol–water partition coefficient (Wildman–Crippen LogP) is 1.40. The third-order valence-corrected chi connectivity index (χ3v) is 2.51. The molecule has 0 saturated heterocycles. The van der Waals surface area contributed by atoms with Gasteiger partial charge in [0.15, 0.2) is 0 Å². The van der Waals surface area contributed by atoms with Crippen LogP contribution in [0.5, 0.6) is 0 Å². The van der Waals surface area contributed by atoms with Crippen molar-refractivity contribution in [3.8, 4) is 0 Å². The van der Waals surface area contributed by atoms with Crippen LogP contribution < -0.4 is 5.32 Å². The fourth-order valence-corrected chi connectivity index (χ4v) is 1.87. The third kappa shape index (κ3) is 1.52. The Hall–Kier alpha value is -1.09. The lowest BCUT2D eigenvalue weighted by Gasteiger charge is -2.14. The second-order valence-electron chi connectivity index (χ2n) is 3.49. The maximum absolute atomic E-state index is 4.21. The Morgan fingerprint density at radius 3 is 2.77 bits per heavy atom. The fraction of sp³-hybridized carbons (Fsp3) is 0.500. The molecule has 1 aliphatic rings. The number of rotatable bonds is 1. The summed E-state index contributed by atoms with van der Waals surface area (Å²) in [6.07, 6.45) is 3.37. The summed E-state index contributed by atoms with van der Waals surface area (Å²) in [5, 5.41) is 10.5. The second kappa shape index (κ2) is 3.34. The van der Waals surface area contributed by atoms with E-state index in [1.807, 2.05) is 0 Å². The zero-order valence-corrected chi connectivity index (χ0v) is 8.15. The molecule has 0 saturated carbocycles. The molecule has 0 spiro atoms. The van der Waals surface area contributed by atoms with E-state index in [2.05, 4.69) is 35.4 Å². The maximum atomic E-state index is 4.21. The molecule has 0 amide bonds. The average Bonchev–Trinajstić information content (AvgIpc) is 2.48. The number of nitrogens with zero attached hydrogens (tertiary/aromatic N) is 1. The van der Waals surface area contributed by atoms with E-state index in [4.69, 9.17) is 0 Å². The van der Waals surface area contributed by atoms with Gasteiger partial charge < -0.3 is 5.32 Å². The molecule has 0 radical (unpaired) electrons. The molecular weight excluding hydrogens is 162 g/mol. The molecule has 1 aromatic heterocycles. The van der Waals surface area contributed by atoms with E-state index in [1.165, 1.54) is 16.8 Å². The second-order valence-corrected chi connectivity index (χ2v) is 3.49. The van der Waals surface area contributed by atoms with Gasteiger partial charge in [0.25, 0.3) is 0 Å². The quantitative estimate of drug-likeness (QED) is 0.680. The van der Waals surface area contributed by atoms with Crippen LogP contribution >= 0.6 is 0 Å². The zero-order chi connectivity index (χ0) is 9.26. The van der Waals surface area contributed by atoms with Gasteiger partial charge in [-0.3, -0.25) is 5.10 Å². The molecule has 2 rings (SSSR count). The summed E-state index contributed by atoms with van der Waals surface area (Å²) in [4.78, 5) is 0. The number of aromatic nitrogens is 2. The van der Waals surface area contributed by atoms with Gasteiger partial charge in [-0.2, -0.15) is 5.10 Å². The highest BCUT2D eigenvalue weighted by molar-refractivity contribution is 5.69. The first kappa shape index (κ1) is 8.51. The van der Waals surface area contributed by atoms with Crippen molar-refractivity contribution in [2.45, 2.75) is 20.3 Å². The number of nitrogens with one attached hydrogen (secondary N) is 2. The lowest BCUT2D eigenvalue weighted by atomic mass is 9.99. The summed E-state index contributed by atoms with van der Waals surface area (Å²) in [5.74, 6) is 0. The molecular formula is C10H15N3. The van der Waals surface area contributed by atoms with Crippen LogP contribution in [0.3, 0.4) is 0 Å². The van der Waals surface area contributed by atoms with Crippen LogP contribution in [0.15, 0.2) is 6.08 Å². The van der Waals surface area contributed by atoms with Crippen LogP contribution in [0.25, 0.3) is 5.57 Å². The summed E-state index contributed by atoms with van der Waals surface area (Å²) < 4.78 is 0. The van der Waals surface area contributed by atoms with Gasteiger partial charge in [0.1, 0.15) is 0 Å². The van der Waals surface area contributed by atoms with Gasteiger partial charge in [-0.15, -0.1) is 0 Å². The molecule has 0 bridgehead atoms. The minimum absolute atomic E-state index is 0.986. The molecule has 0 unspecified atom stereocenters. The van der Waals surface area contributed by atoms with Crippen LogP contribution in [0.1, 0.15) is 23.4 Å². The Balaban J connectivity index is 2.38. The van der Waals surface area contributed by atoms with Gasteiger partial charge in [-0.25, -0.2) is 0 Å². The molecule has 0 fully saturated rings. The molecule has 70 valence electrons. The van der Waals surface area contributed by atoms with Crippen molar-refractivity contribution in [2.24, 2.45) is 0 Å². The van der Waals surface area contributed by atoms with Gasteiger partial charge in [0.05, 0.1) is 5.69 Å². The molecule has 13 heavy (non-hydrogen) atoms. The predicted molar refractivity (Wildman–Crippen MR) is 53.5 cm³/mol. The van der Waals surface area contributed by atoms with Crippen molar-refractivity contribution >= 4 is 5.57 Å². The highest BCUT2D eigenvalue weighted by atomic mass is 15.1. The van der Waals surface area contributed by atoms with E-state index < -0.39 is 0 Å². The Kier molecular flexibility index (Phi) is 2.19. The van der Waals surface area contributed by atoms with Crippen molar-refractivity contribution in [1.29, 1.82) is 0 Å². The van der Waals surface area contributed by atoms with Crippen molar-refractivity contribution < 1.29 is 0 Å². The van der Waals surface area contributed by atoms with Crippen molar-refractivity contribution in [3.63, 3.8) is 0 Å². The average molecular weight is 177 g/mol. The van der Waals surface area contributed by atoms with E-state index in [-0.39, 0.29) is 0 Å². The fourth-order valence-electron chi connectivity index (χ4n) is 1.87. The first-order chi connectivity index (χ1) is 6.29. The van der Waals surface area contributed by atoms with Crippen LogP contribution in [-0.2, 0) is 0 Å². The van der Waals surface area contributed by atoms with E-state index in [0.29, 0.717) is 0 Å². The van der Waals surface area contributed by atoms with Gasteiger partial charge in [-0.1, -0.05) is 6.08 Å². The molecule has 3 heteroatoms. The Labute approximate surface area is 78.2 Å². The number of aromatic amines is 1. The molecule has 2 N–H and O–H groups in total. The number of hydrogen-bond donors (Lipinski definition) is 2. The summed E-state index contributed by atoms with van der Waals surface area (Å²) >= 11 is 0. The van der Waals surface area contributed by atoms with Crippen molar-refractivity contribution in [1.82, 2.24) is 15.5 Å². The third-order valence-electron chi connectivity index (χ3n) is 2.51. The van der Waals surface area contributed by atoms with Crippen LogP contribution in [0.4, 0.5) is 0 Å². The minimum Gasteiger partial charge on any atom is -0.313 e. The topological polar surface area (TPSA) is 40.7 Å². The summed E-state index contributed by atoms with van der Waals surface area (Å²) in [6.45, 7) is 6.20. The van der Waals surface area contributed by atoms with Crippen LogP contribution in [0.2, 0.25) is 0 Å². The SMILES string of the molecule is Cc1n[nH]c(C)c1C1=CCNCC1. The molecule has 1 aromatic rings. The van der Waals surface area contributed by atoms with E-state index in [1.54, 1.807) is 0 Å². The standard InChI is InChI=1S/C10H15N3/c1-7-10(8(2)13-12-7)9-3-5-11-6-4-9/h3,11H,4-6H2,1-2H3,(H,12,13). The Morgan fingerprint density at radius 2 is 2.23 bits per heavy atom. The van der Waals surface area contributed by atoms with Gasteiger partial charge in [0, 0.05) is 17.8 Å². The Bertz CT molecular complexity index is 316. The normalized spacial score (nSPS) is 17.2. The van der Waals surface area contributed by atoms with Gasteiger partial charge >= 0.3 is 0 Å². The van der Waals surface area contributed by atoms with E-state index in [9.17, 15) is 0 Å². The van der Waals surface area contributed by atoms with Crippen LogP contribution in [-0.4, -0.2) is 23.3 Å². The zero-order valence-electron chi connectivity index (χ0n) is 8.15. The molecule has 1 aliphatic heterocycles. The van der Waals surface area contributed by atoms with Crippen LogP contribution in [0, 0.1) is 13.8 Å². The number of hydrogen-bond acceptors (Lipinski definition) is 2.